The van der Waals surface area contributed by atoms with Gasteiger partial charge in [-0.15, -0.1) is 0 Å². The standard InChI is InChI=1S/C18H23F2NO2/c19-15-8-7-14(17(20)10-15)12-23-16-6-3-9-21(11-16)18(22)13-4-1-2-5-13/h7-8,10,13,16H,1-6,9,11-12H2. The summed E-state index contributed by atoms with van der Waals surface area (Å²) >= 11 is 0. The summed E-state index contributed by atoms with van der Waals surface area (Å²) in [6.07, 6.45) is 6.01. The van der Waals surface area contributed by atoms with Crippen molar-refractivity contribution < 1.29 is 18.3 Å². The summed E-state index contributed by atoms with van der Waals surface area (Å²) in [4.78, 5) is 14.4. The van der Waals surface area contributed by atoms with Crippen molar-refractivity contribution in [2.75, 3.05) is 13.1 Å². The van der Waals surface area contributed by atoms with Crippen LogP contribution in [0.3, 0.4) is 0 Å². The molecular formula is C18H23F2NO2. The Morgan fingerprint density at radius 2 is 1.96 bits per heavy atom. The zero-order valence-electron chi connectivity index (χ0n) is 13.3. The van der Waals surface area contributed by atoms with Gasteiger partial charge in [-0.1, -0.05) is 18.9 Å². The number of piperidine rings is 1. The molecule has 1 saturated carbocycles. The van der Waals surface area contributed by atoms with Crippen LogP contribution < -0.4 is 0 Å². The van der Waals surface area contributed by atoms with Gasteiger partial charge in [0, 0.05) is 30.6 Å². The van der Waals surface area contributed by atoms with E-state index in [-0.39, 0.29) is 24.5 Å². The Labute approximate surface area is 135 Å². The first kappa shape index (κ1) is 16.4. The molecule has 1 atom stereocenters. The molecule has 1 aromatic carbocycles. The van der Waals surface area contributed by atoms with Gasteiger partial charge in [0.1, 0.15) is 11.6 Å². The lowest BCUT2D eigenvalue weighted by atomic mass is 10.0. The minimum atomic E-state index is -0.586. The number of carbonyl (C=O) groups is 1. The van der Waals surface area contributed by atoms with Crippen molar-refractivity contribution in [2.45, 2.75) is 51.2 Å². The van der Waals surface area contributed by atoms with Crippen LogP contribution >= 0.6 is 0 Å². The number of ether oxygens (including phenoxy) is 1. The molecule has 2 aliphatic rings. The van der Waals surface area contributed by atoms with Gasteiger partial charge in [0.2, 0.25) is 5.91 Å². The number of hydrogen-bond donors (Lipinski definition) is 0. The fourth-order valence-corrected chi connectivity index (χ4v) is 3.55. The number of amides is 1. The maximum atomic E-state index is 13.6. The Morgan fingerprint density at radius 3 is 2.70 bits per heavy atom. The first-order chi connectivity index (χ1) is 11.1. The Balaban J connectivity index is 1.53. The van der Waals surface area contributed by atoms with E-state index in [0.717, 1.165) is 51.1 Å². The predicted octanol–water partition coefficient (Wildman–Crippen LogP) is 3.66. The lowest BCUT2D eigenvalue weighted by Gasteiger charge is -2.34. The fourth-order valence-electron chi connectivity index (χ4n) is 3.55. The normalized spacial score (nSPS) is 22.5. The predicted molar refractivity (Wildman–Crippen MR) is 82.7 cm³/mol. The lowest BCUT2D eigenvalue weighted by Crippen LogP contribution is -2.45. The van der Waals surface area contributed by atoms with E-state index in [1.807, 2.05) is 4.90 Å². The molecule has 0 spiro atoms. The lowest BCUT2D eigenvalue weighted by molar-refractivity contribution is -0.139. The van der Waals surface area contributed by atoms with Crippen molar-refractivity contribution in [3.63, 3.8) is 0 Å². The molecule has 1 aliphatic carbocycles. The van der Waals surface area contributed by atoms with Crippen molar-refractivity contribution in [3.8, 4) is 0 Å². The van der Waals surface area contributed by atoms with Gasteiger partial charge in [0.05, 0.1) is 12.7 Å². The number of halogens is 2. The topological polar surface area (TPSA) is 29.5 Å². The summed E-state index contributed by atoms with van der Waals surface area (Å²) < 4.78 is 32.3. The largest absolute Gasteiger partial charge is 0.372 e. The Morgan fingerprint density at radius 1 is 1.17 bits per heavy atom. The minimum absolute atomic E-state index is 0.0708. The molecular weight excluding hydrogens is 300 g/mol. The van der Waals surface area contributed by atoms with Crippen LogP contribution in [-0.4, -0.2) is 30.0 Å². The molecule has 23 heavy (non-hydrogen) atoms. The van der Waals surface area contributed by atoms with Gasteiger partial charge in [-0.25, -0.2) is 8.78 Å². The summed E-state index contributed by atoms with van der Waals surface area (Å²) in [6.45, 7) is 1.49. The molecule has 5 heteroatoms. The summed E-state index contributed by atoms with van der Waals surface area (Å²) in [5, 5.41) is 0. The van der Waals surface area contributed by atoms with Crippen LogP contribution in [0.25, 0.3) is 0 Å². The second kappa shape index (κ2) is 7.39. The number of likely N-dealkylation sites (tertiary alicyclic amines) is 1. The van der Waals surface area contributed by atoms with E-state index in [1.165, 1.54) is 12.1 Å². The Hall–Kier alpha value is -1.49. The van der Waals surface area contributed by atoms with Crippen LogP contribution in [-0.2, 0) is 16.1 Å². The maximum absolute atomic E-state index is 13.6. The highest BCUT2D eigenvalue weighted by molar-refractivity contribution is 5.79. The third kappa shape index (κ3) is 4.08. The van der Waals surface area contributed by atoms with Crippen molar-refractivity contribution in [1.29, 1.82) is 0 Å². The number of benzene rings is 1. The van der Waals surface area contributed by atoms with Gasteiger partial charge in [0.15, 0.2) is 0 Å². The molecule has 3 nitrogen and oxygen atoms in total. The molecule has 1 saturated heterocycles. The molecule has 0 bridgehead atoms. The summed E-state index contributed by atoms with van der Waals surface area (Å²) in [5.74, 6) is -0.732. The highest BCUT2D eigenvalue weighted by Gasteiger charge is 2.30. The van der Waals surface area contributed by atoms with E-state index >= 15 is 0 Å². The van der Waals surface area contributed by atoms with E-state index in [1.54, 1.807) is 0 Å². The van der Waals surface area contributed by atoms with E-state index in [4.69, 9.17) is 4.74 Å². The highest BCUT2D eigenvalue weighted by Crippen LogP contribution is 2.28. The van der Waals surface area contributed by atoms with E-state index in [9.17, 15) is 13.6 Å². The third-order valence-electron chi connectivity index (χ3n) is 4.88. The number of carbonyl (C=O) groups excluding carboxylic acids is 1. The quantitative estimate of drug-likeness (QED) is 0.846. The minimum Gasteiger partial charge on any atom is -0.372 e. The van der Waals surface area contributed by atoms with Crippen molar-refractivity contribution >= 4 is 5.91 Å². The molecule has 126 valence electrons. The molecule has 3 rings (SSSR count). The third-order valence-corrected chi connectivity index (χ3v) is 4.88. The van der Waals surface area contributed by atoms with Crippen molar-refractivity contribution in [2.24, 2.45) is 5.92 Å². The van der Waals surface area contributed by atoms with Crippen molar-refractivity contribution in [3.05, 3.63) is 35.4 Å². The molecule has 1 unspecified atom stereocenters. The Bertz CT molecular complexity index is 558. The molecule has 1 heterocycles. The second-order valence-corrected chi connectivity index (χ2v) is 6.58. The SMILES string of the molecule is O=C(C1CCCC1)N1CCCC(OCc2ccc(F)cc2F)C1. The van der Waals surface area contributed by atoms with Crippen LogP contribution in [0.5, 0.6) is 0 Å². The molecule has 0 radical (unpaired) electrons. The summed E-state index contributed by atoms with van der Waals surface area (Å²) in [6, 6.07) is 3.52. The van der Waals surface area contributed by atoms with Crippen molar-refractivity contribution in [1.82, 2.24) is 4.90 Å². The van der Waals surface area contributed by atoms with Crippen LogP contribution in [0.2, 0.25) is 0 Å². The zero-order valence-corrected chi connectivity index (χ0v) is 13.3. The van der Waals surface area contributed by atoms with E-state index in [0.29, 0.717) is 12.1 Å². The Kier molecular flexibility index (Phi) is 5.26. The summed E-state index contributed by atoms with van der Waals surface area (Å²) in [5.41, 5.74) is 0.352. The molecule has 0 N–H and O–H groups in total. The summed E-state index contributed by atoms with van der Waals surface area (Å²) in [7, 11) is 0. The molecule has 1 aliphatic heterocycles. The zero-order chi connectivity index (χ0) is 16.2. The second-order valence-electron chi connectivity index (χ2n) is 6.58. The van der Waals surface area contributed by atoms with E-state index < -0.39 is 11.6 Å². The van der Waals surface area contributed by atoms with Crippen LogP contribution in [0.1, 0.15) is 44.1 Å². The molecule has 2 fully saturated rings. The number of nitrogens with zero attached hydrogens (tertiary/aromatic N) is 1. The monoisotopic (exact) mass is 323 g/mol. The number of hydrogen-bond acceptors (Lipinski definition) is 2. The van der Waals surface area contributed by atoms with Gasteiger partial charge < -0.3 is 9.64 Å². The molecule has 1 aromatic rings. The average Bonchev–Trinajstić information content (AvgIpc) is 3.08. The van der Waals surface area contributed by atoms with Gasteiger partial charge in [0.25, 0.3) is 0 Å². The molecule has 0 aromatic heterocycles. The average molecular weight is 323 g/mol. The van der Waals surface area contributed by atoms with Crippen LogP contribution in [0.4, 0.5) is 8.78 Å². The molecule has 1 amide bonds. The highest BCUT2D eigenvalue weighted by atomic mass is 19.1. The van der Waals surface area contributed by atoms with Crippen LogP contribution in [0, 0.1) is 17.6 Å². The smallest absolute Gasteiger partial charge is 0.225 e. The van der Waals surface area contributed by atoms with Gasteiger partial charge in [-0.05, 0) is 31.7 Å². The van der Waals surface area contributed by atoms with Gasteiger partial charge in [-0.2, -0.15) is 0 Å². The van der Waals surface area contributed by atoms with Gasteiger partial charge >= 0.3 is 0 Å². The fraction of sp³-hybridized carbons (Fsp3) is 0.611. The van der Waals surface area contributed by atoms with E-state index in [2.05, 4.69) is 0 Å². The first-order valence-electron chi connectivity index (χ1n) is 8.48. The maximum Gasteiger partial charge on any atom is 0.225 e. The first-order valence-corrected chi connectivity index (χ1v) is 8.48. The van der Waals surface area contributed by atoms with Crippen LogP contribution in [0.15, 0.2) is 18.2 Å². The van der Waals surface area contributed by atoms with Gasteiger partial charge in [-0.3, -0.25) is 4.79 Å². The number of rotatable bonds is 4.